The van der Waals surface area contributed by atoms with E-state index in [0.717, 1.165) is 12.8 Å². The van der Waals surface area contributed by atoms with Gasteiger partial charge in [0.1, 0.15) is 5.69 Å². The van der Waals surface area contributed by atoms with Crippen molar-refractivity contribution in [3.63, 3.8) is 0 Å². The van der Waals surface area contributed by atoms with E-state index in [4.69, 9.17) is 5.73 Å². The summed E-state index contributed by atoms with van der Waals surface area (Å²) in [6.07, 6.45) is 1.87. The highest BCUT2D eigenvalue weighted by Crippen LogP contribution is 2.10. The van der Waals surface area contributed by atoms with Crippen molar-refractivity contribution < 1.29 is 4.79 Å². The highest BCUT2D eigenvalue weighted by atomic mass is 16.2. The molecule has 1 amide bonds. The van der Waals surface area contributed by atoms with Crippen LogP contribution in [0.15, 0.2) is 23.0 Å². The van der Waals surface area contributed by atoms with E-state index in [0.29, 0.717) is 18.8 Å². The van der Waals surface area contributed by atoms with Crippen molar-refractivity contribution in [2.45, 2.75) is 18.9 Å². The van der Waals surface area contributed by atoms with Gasteiger partial charge in [0.2, 0.25) is 5.56 Å². The number of nitrogens with one attached hydrogen (secondary N) is 1. The van der Waals surface area contributed by atoms with Gasteiger partial charge >= 0.3 is 0 Å². The minimum Gasteiger partial charge on any atom is -0.336 e. The van der Waals surface area contributed by atoms with Gasteiger partial charge in [-0.15, -0.1) is 0 Å². The van der Waals surface area contributed by atoms with Crippen LogP contribution in [0.25, 0.3) is 0 Å². The van der Waals surface area contributed by atoms with E-state index >= 15 is 0 Å². The molecular formula is C11H15N3O2. The van der Waals surface area contributed by atoms with Gasteiger partial charge in [-0.1, -0.05) is 6.07 Å². The smallest absolute Gasteiger partial charge is 0.270 e. The number of hydrogen-bond acceptors (Lipinski definition) is 3. The van der Waals surface area contributed by atoms with Gasteiger partial charge < -0.3 is 15.6 Å². The number of nitrogens with two attached hydrogens (primary N) is 1. The van der Waals surface area contributed by atoms with Crippen LogP contribution in [0.5, 0.6) is 0 Å². The van der Waals surface area contributed by atoms with Crippen LogP contribution in [0.1, 0.15) is 23.3 Å². The number of carbonyl (C=O) groups is 1. The number of nitrogens with zero attached hydrogens (tertiary/aromatic N) is 1. The molecule has 5 nitrogen and oxygen atoms in total. The highest BCUT2D eigenvalue weighted by molar-refractivity contribution is 5.92. The zero-order valence-corrected chi connectivity index (χ0v) is 8.98. The Bertz CT molecular complexity index is 441. The monoisotopic (exact) mass is 221 g/mol. The Labute approximate surface area is 93.3 Å². The zero-order valence-electron chi connectivity index (χ0n) is 8.98. The fourth-order valence-electron chi connectivity index (χ4n) is 1.94. The topological polar surface area (TPSA) is 79.2 Å². The Morgan fingerprint density at radius 1 is 1.50 bits per heavy atom. The second-order valence-corrected chi connectivity index (χ2v) is 4.08. The van der Waals surface area contributed by atoms with Gasteiger partial charge in [-0.2, -0.15) is 0 Å². The predicted octanol–water partition coefficient (Wildman–Crippen LogP) is -0.0618. The molecule has 1 atom stereocenters. The number of piperidine rings is 1. The Balaban J connectivity index is 2.15. The molecular weight excluding hydrogens is 206 g/mol. The van der Waals surface area contributed by atoms with Gasteiger partial charge in [0.05, 0.1) is 0 Å². The number of likely N-dealkylation sites (tertiary alicyclic amines) is 1. The average molecular weight is 221 g/mol. The summed E-state index contributed by atoms with van der Waals surface area (Å²) >= 11 is 0. The van der Waals surface area contributed by atoms with Crippen molar-refractivity contribution >= 4 is 5.91 Å². The molecule has 1 aliphatic rings. The van der Waals surface area contributed by atoms with Gasteiger partial charge in [0.25, 0.3) is 5.91 Å². The molecule has 0 radical (unpaired) electrons. The first-order valence-corrected chi connectivity index (χ1v) is 5.41. The van der Waals surface area contributed by atoms with Gasteiger partial charge in [-0.25, -0.2) is 0 Å². The normalized spacial score (nSPS) is 20.8. The van der Waals surface area contributed by atoms with Crippen LogP contribution in [-0.4, -0.2) is 34.9 Å². The molecule has 0 aromatic carbocycles. The molecule has 2 heterocycles. The second kappa shape index (κ2) is 4.49. The first kappa shape index (κ1) is 10.9. The van der Waals surface area contributed by atoms with E-state index in [9.17, 15) is 9.59 Å². The first-order valence-electron chi connectivity index (χ1n) is 5.41. The van der Waals surface area contributed by atoms with Crippen molar-refractivity contribution in [1.29, 1.82) is 0 Å². The summed E-state index contributed by atoms with van der Waals surface area (Å²) in [6, 6.07) is 4.63. The van der Waals surface area contributed by atoms with Gasteiger partial charge in [0, 0.05) is 25.2 Å². The number of carbonyl (C=O) groups excluding carboxylic acids is 1. The minimum atomic E-state index is -0.257. The summed E-state index contributed by atoms with van der Waals surface area (Å²) < 4.78 is 0. The molecule has 1 aliphatic heterocycles. The maximum absolute atomic E-state index is 12.0. The van der Waals surface area contributed by atoms with Crippen LogP contribution in [0.3, 0.4) is 0 Å². The van der Waals surface area contributed by atoms with E-state index in [1.54, 1.807) is 17.0 Å². The Kier molecular flexibility index (Phi) is 3.05. The number of amides is 1. The third-order valence-electron chi connectivity index (χ3n) is 2.74. The molecule has 1 saturated heterocycles. The second-order valence-electron chi connectivity index (χ2n) is 4.08. The number of aromatic amines is 1. The first-order chi connectivity index (χ1) is 7.66. The summed E-state index contributed by atoms with van der Waals surface area (Å²) in [5.74, 6) is -0.146. The maximum Gasteiger partial charge on any atom is 0.270 e. The third kappa shape index (κ3) is 2.30. The number of hydrogen-bond donors (Lipinski definition) is 2. The number of rotatable bonds is 1. The number of aromatic nitrogens is 1. The largest absolute Gasteiger partial charge is 0.336 e. The fourth-order valence-corrected chi connectivity index (χ4v) is 1.94. The fraction of sp³-hybridized carbons (Fsp3) is 0.455. The lowest BCUT2D eigenvalue weighted by Crippen LogP contribution is -2.46. The summed E-state index contributed by atoms with van der Waals surface area (Å²) in [7, 11) is 0. The SMILES string of the molecule is N[C@@H]1CCCN(C(=O)c2cccc(=O)[nH]2)C1. The van der Waals surface area contributed by atoms with E-state index in [1.165, 1.54) is 6.07 Å². The average Bonchev–Trinajstić information content (AvgIpc) is 2.28. The van der Waals surface area contributed by atoms with Gasteiger partial charge in [-0.05, 0) is 18.9 Å². The van der Waals surface area contributed by atoms with Crippen molar-refractivity contribution in [2.75, 3.05) is 13.1 Å². The Morgan fingerprint density at radius 2 is 2.31 bits per heavy atom. The third-order valence-corrected chi connectivity index (χ3v) is 2.74. The molecule has 0 saturated carbocycles. The summed E-state index contributed by atoms with van der Waals surface area (Å²) in [6.45, 7) is 1.28. The number of H-pyrrole nitrogens is 1. The van der Waals surface area contributed by atoms with E-state index in [-0.39, 0.29) is 17.5 Å². The lowest BCUT2D eigenvalue weighted by atomic mass is 10.1. The molecule has 1 fully saturated rings. The van der Waals surface area contributed by atoms with Gasteiger partial charge in [0.15, 0.2) is 0 Å². The quantitative estimate of drug-likeness (QED) is 0.697. The Morgan fingerprint density at radius 3 is 3.00 bits per heavy atom. The van der Waals surface area contributed by atoms with Crippen LogP contribution in [-0.2, 0) is 0 Å². The van der Waals surface area contributed by atoms with E-state index in [1.807, 2.05) is 0 Å². The van der Waals surface area contributed by atoms with Crippen LogP contribution < -0.4 is 11.3 Å². The van der Waals surface area contributed by atoms with E-state index in [2.05, 4.69) is 4.98 Å². The molecule has 0 bridgehead atoms. The molecule has 0 spiro atoms. The highest BCUT2D eigenvalue weighted by Gasteiger charge is 2.22. The lowest BCUT2D eigenvalue weighted by molar-refractivity contribution is 0.0702. The molecule has 1 aromatic heterocycles. The minimum absolute atomic E-state index is 0.0492. The van der Waals surface area contributed by atoms with Crippen molar-refractivity contribution in [2.24, 2.45) is 5.73 Å². The van der Waals surface area contributed by atoms with Crippen LogP contribution >= 0.6 is 0 Å². The number of pyridine rings is 1. The maximum atomic E-state index is 12.0. The molecule has 16 heavy (non-hydrogen) atoms. The molecule has 2 rings (SSSR count). The van der Waals surface area contributed by atoms with Crippen molar-refractivity contribution in [1.82, 2.24) is 9.88 Å². The molecule has 0 aliphatic carbocycles. The molecule has 0 unspecified atom stereocenters. The zero-order chi connectivity index (χ0) is 11.5. The van der Waals surface area contributed by atoms with Crippen molar-refractivity contribution in [3.05, 3.63) is 34.2 Å². The van der Waals surface area contributed by atoms with Crippen LogP contribution in [0.4, 0.5) is 0 Å². The summed E-state index contributed by atoms with van der Waals surface area (Å²) in [5, 5.41) is 0. The molecule has 1 aromatic rings. The van der Waals surface area contributed by atoms with Crippen LogP contribution in [0.2, 0.25) is 0 Å². The van der Waals surface area contributed by atoms with Crippen molar-refractivity contribution in [3.8, 4) is 0 Å². The molecule has 86 valence electrons. The van der Waals surface area contributed by atoms with Gasteiger partial charge in [-0.3, -0.25) is 9.59 Å². The lowest BCUT2D eigenvalue weighted by Gasteiger charge is -2.30. The molecule has 3 N–H and O–H groups in total. The standard InChI is InChI=1S/C11H15N3O2/c12-8-3-2-6-14(7-8)11(16)9-4-1-5-10(15)13-9/h1,4-5,8H,2-3,6-7,12H2,(H,13,15)/t8-/m1/s1. The predicted molar refractivity (Wildman–Crippen MR) is 60.2 cm³/mol. The molecule has 5 heteroatoms. The Hall–Kier alpha value is -1.62. The van der Waals surface area contributed by atoms with E-state index < -0.39 is 0 Å². The van der Waals surface area contributed by atoms with Crippen LogP contribution in [0, 0.1) is 0 Å². The summed E-state index contributed by atoms with van der Waals surface area (Å²) in [4.78, 5) is 27.3. The summed E-state index contributed by atoms with van der Waals surface area (Å²) in [5.41, 5.74) is 5.88.